The molecule has 0 spiro atoms. The van der Waals surface area contributed by atoms with Gasteiger partial charge in [-0.15, -0.1) is 35.3 Å². The first-order valence-electron chi connectivity index (χ1n) is 7.59. The molecule has 1 aromatic carbocycles. The summed E-state index contributed by atoms with van der Waals surface area (Å²) in [6.07, 6.45) is 0.905. The lowest BCUT2D eigenvalue weighted by Crippen LogP contribution is -2.37. The highest BCUT2D eigenvalue weighted by molar-refractivity contribution is 14.0. The molecule has 0 aliphatic carbocycles. The van der Waals surface area contributed by atoms with Crippen molar-refractivity contribution in [1.82, 2.24) is 10.6 Å². The monoisotopic (exact) mass is 481 g/mol. The number of benzene rings is 1. The molecule has 1 heterocycles. The molecular formula is C17H22F2IN3OS. The summed E-state index contributed by atoms with van der Waals surface area (Å²) < 4.78 is 29.5. The molecule has 25 heavy (non-hydrogen) atoms. The number of aryl methyl sites for hydroxylation is 1. The first kappa shape index (κ1) is 21.6. The maximum Gasteiger partial charge on any atom is 0.387 e. The summed E-state index contributed by atoms with van der Waals surface area (Å²) in [5.41, 5.74) is 1.64. The Balaban J connectivity index is 0.00000312. The van der Waals surface area contributed by atoms with Crippen molar-refractivity contribution >= 4 is 41.3 Å². The van der Waals surface area contributed by atoms with Gasteiger partial charge in [0, 0.05) is 30.6 Å². The molecule has 4 nitrogen and oxygen atoms in total. The third-order valence-electron chi connectivity index (χ3n) is 3.35. The fraction of sp³-hybridized carbons (Fsp3) is 0.353. The van der Waals surface area contributed by atoms with Crippen LogP contribution in [0.25, 0.3) is 0 Å². The molecule has 8 heteroatoms. The Morgan fingerprint density at radius 1 is 1.28 bits per heavy atom. The molecule has 0 aliphatic rings. The van der Waals surface area contributed by atoms with Gasteiger partial charge < -0.3 is 15.4 Å². The number of hydrogen-bond donors (Lipinski definition) is 2. The van der Waals surface area contributed by atoms with Crippen LogP contribution in [-0.4, -0.2) is 26.2 Å². The van der Waals surface area contributed by atoms with Crippen LogP contribution in [0.3, 0.4) is 0 Å². The first-order chi connectivity index (χ1) is 11.6. The molecule has 0 saturated heterocycles. The first-order valence-corrected chi connectivity index (χ1v) is 8.47. The summed E-state index contributed by atoms with van der Waals surface area (Å²) in [5, 5.41) is 8.38. The maximum absolute atomic E-state index is 12.5. The van der Waals surface area contributed by atoms with Crippen molar-refractivity contribution in [1.29, 1.82) is 0 Å². The van der Waals surface area contributed by atoms with E-state index in [4.69, 9.17) is 0 Å². The number of nitrogens with one attached hydrogen (secondary N) is 2. The average molecular weight is 481 g/mol. The van der Waals surface area contributed by atoms with Crippen LogP contribution < -0.4 is 15.4 Å². The summed E-state index contributed by atoms with van der Waals surface area (Å²) in [6.45, 7) is 0.162. The number of aliphatic imine (C=N–C) groups is 1. The molecule has 0 fully saturated rings. The smallest absolute Gasteiger partial charge is 0.387 e. The van der Waals surface area contributed by atoms with E-state index >= 15 is 0 Å². The number of thiophene rings is 1. The van der Waals surface area contributed by atoms with E-state index in [9.17, 15) is 8.78 Å². The zero-order valence-electron chi connectivity index (χ0n) is 14.1. The topological polar surface area (TPSA) is 45.7 Å². The van der Waals surface area contributed by atoms with Crippen LogP contribution in [0.1, 0.15) is 16.0 Å². The van der Waals surface area contributed by atoms with Gasteiger partial charge in [-0.1, -0.05) is 23.8 Å². The highest BCUT2D eigenvalue weighted by Crippen LogP contribution is 2.21. The quantitative estimate of drug-likeness (QED) is 0.355. The van der Waals surface area contributed by atoms with Crippen LogP contribution in [0, 0.1) is 6.92 Å². The standard InChI is InChI=1S/C17H21F2N3OS.HI/c1-12-5-6-15(23-16(18)19)13(10-12)11-22-17(20-2)21-8-7-14-4-3-9-24-14;/h3-6,9-10,16H,7-8,11H2,1-2H3,(H2,20,21,22);1H. The summed E-state index contributed by atoms with van der Waals surface area (Å²) in [4.78, 5) is 5.44. The number of halogens is 3. The van der Waals surface area contributed by atoms with Gasteiger partial charge in [0.2, 0.25) is 0 Å². The molecular weight excluding hydrogens is 459 g/mol. The Labute approximate surface area is 167 Å². The van der Waals surface area contributed by atoms with E-state index in [2.05, 4.69) is 26.4 Å². The fourth-order valence-electron chi connectivity index (χ4n) is 2.22. The lowest BCUT2D eigenvalue weighted by molar-refractivity contribution is -0.0504. The van der Waals surface area contributed by atoms with Gasteiger partial charge in [0.1, 0.15) is 5.75 Å². The summed E-state index contributed by atoms with van der Waals surface area (Å²) in [5.74, 6) is 0.799. The third kappa shape index (κ3) is 7.55. The van der Waals surface area contributed by atoms with E-state index in [0.29, 0.717) is 18.1 Å². The molecule has 0 radical (unpaired) electrons. The molecule has 0 saturated carbocycles. The molecule has 2 N–H and O–H groups in total. The second-order valence-corrected chi connectivity index (χ2v) is 6.20. The lowest BCUT2D eigenvalue weighted by atomic mass is 10.1. The Morgan fingerprint density at radius 2 is 2.08 bits per heavy atom. The Hall–Kier alpha value is -1.42. The molecule has 0 amide bonds. The predicted molar refractivity (Wildman–Crippen MR) is 109 cm³/mol. The van der Waals surface area contributed by atoms with Crippen molar-refractivity contribution in [2.45, 2.75) is 26.5 Å². The van der Waals surface area contributed by atoms with Gasteiger partial charge in [-0.05, 0) is 30.9 Å². The second kappa shape index (κ2) is 11.2. The zero-order chi connectivity index (χ0) is 17.4. The van der Waals surface area contributed by atoms with E-state index < -0.39 is 6.61 Å². The van der Waals surface area contributed by atoms with Gasteiger partial charge >= 0.3 is 6.61 Å². The van der Waals surface area contributed by atoms with Gasteiger partial charge in [0.05, 0.1) is 0 Å². The van der Waals surface area contributed by atoms with E-state index in [1.165, 1.54) is 4.88 Å². The van der Waals surface area contributed by atoms with Crippen molar-refractivity contribution in [3.63, 3.8) is 0 Å². The predicted octanol–water partition coefficient (Wildman–Crippen LogP) is 4.18. The van der Waals surface area contributed by atoms with E-state index in [0.717, 1.165) is 18.5 Å². The molecule has 2 aromatic rings. The van der Waals surface area contributed by atoms with Crippen LogP contribution in [-0.2, 0) is 13.0 Å². The summed E-state index contributed by atoms with van der Waals surface area (Å²) in [6, 6.07) is 9.24. The van der Waals surface area contributed by atoms with Crippen molar-refractivity contribution in [2.24, 2.45) is 4.99 Å². The van der Waals surface area contributed by atoms with Gasteiger partial charge in [-0.3, -0.25) is 4.99 Å². The van der Waals surface area contributed by atoms with Gasteiger partial charge in [0.25, 0.3) is 0 Å². The van der Waals surface area contributed by atoms with Crippen LogP contribution in [0.4, 0.5) is 8.78 Å². The summed E-state index contributed by atoms with van der Waals surface area (Å²) in [7, 11) is 1.67. The Bertz CT molecular complexity index is 666. The fourth-order valence-corrected chi connectivity index (χ4v) is 2.92. The third-order valence-corrected chi connectivity index (χ3v) is 4.28. The van der Waals surface area contributed by atoms with Crippen LogP contribution >= 0.6 is 35.3 Å². The van der Waals surface area contributed by atoms with Gasteiger partial charge in [0.15, 0.2) is 5.96 Å². The van der Waals surface area contributed by atoms with Crippen molar-refractivity contribution in [3.8, 4) is 5.75 Å². The Kier molecular flexibility index (Phi) is 9.73. The van der Waals surface area contributed by atoms with Gasteiger partial charge in [-0.25, -0.2) is 0 Å². The van der Waals surface area contributed by atoms with Gasteiger partial charge in [-0.2, -0.15) is 8.78 Å². The summed E-state index contributed by atoms with van der Waals surface area (Å²) >= 11 is 1.71. The minimum absolute atomic E-state index is 0. The van der Waals surface area contributed by atoms with Crippen LogP contribution in [0.5, 0.6) is 5.75 Å². The number of ether oxygens (including phenoxy) is 1. The highest BCUT2D eigenvalue weighted by atomic mass is 127. The molecule has 0 bridgehead atoms. The molecule has 0 unspecified atom stereocenters. The number of hydrogen-bond acceptors (Lipinski definition) is 3. The normalized spacial score (nSPS) is 11.2. The second-order valence-electron chi connectivity index (χ2n) is 5.17. The number of alkyl halides is 2. The van der Waals surface area contributed by atoms with E-state index in [1.807, 2.05) is 24.4 Å². The van der Waals surface area contributed by atoms with E-state index in [-0.39, 0.29) is 29.7 Å². The van der Waals surface area contributed by atoms with Crippen molar-refractivity contribution < 1.29 is 13.5 Å². The van der Waals surface area contributed by atoms with Crippen molar-refractivity contribution in [3.05, 3.63) is 51.7 Å². The van der Waals surface area contributed by atoms with Crippen LogP contribution in [0.2, 0.25) is 0 Å². The molecule has 0 aliphatic heterocycles. The average Bonchev–Trinajstić information content (AvgIpc) is 3.06. The molecule has 2 rings (SSSR count). The maximum atomic E-state index is 12.5. The lowest BCUT2D eigenvalue weighted by Gasteiger charge is -2.15. The van der Waals surface area contributed by atoms with Crippen molar-refractivity contribution in [2.75, 3.05) is 13.6 Å². The minimum atomic E-state index is -2.84. The molecule has 138 valence electrons. The SMILES string of the molecule is CN=C(NCCc1cccs1)NCc1cc(C)ccc1OC(F)F.I. The largest absolute Gasteiger partial charge is 0.434 e. The van der Waals surface area contributed by atoms with E-state index in [1.54, 1.807) is 30.5 Å². The Morgan fingerprint density at radius 3 is 2.72 bits per heavy atom. The van der Waals surface area contributed by atoms with Crippen LogP contribution in [0.15, 0.2) is 40.7 Å². The highest BCUT2D eigenvalue weighted by Gasteiger charge is 2.10. The molecule has 1 aromatic heterocycles. The number of rotatable bonds is 7. The number of nitrogens with zero attached hydrogens (tertiary/aromatic N) is 1. The minimum Gasteiger partial charge on any atom is -0.434 e. The molecule has 0 atom stereocenters. The zero-order valence-corrected chi connectivity index (χ0v) is 17.2. The number of guanidine groups is 1.